The Kier molecular flexibility index (Phi) is 3.91. The number of carbonyl (C=O) groups excluding carboxylic acids is 1. The zero-order chi connectivity index (χ0) is 11.4. The minimum absolute atomic E-state index is 0.336. The monoisotopic (exact) mass is 212 g/mol. The van der Waals surface area contributed by atoms with Crippen LogP contribution in [0.5, 0.6) is 0 Å². The third kappa shape index (κ3) is 8.82. The van der Waals surface area contributed by atoms with Gasteiger partial charge in [-0.3, -0.25) is 0 Å². The van der Waals surface area contributed by atoms with Gasteiger partial charge in [0.25, 0.3) is 0 Å². The number of ether oxygens (including phenoxy) is 1. The zero-order valence-electron chi connectivity index (χ0n) is 7.97. The second kappa shape index (κ2) is 4.30. The lowest BCUT2D eigenvalue weighted by Gasteiger charge is -2.18. The summed E-state index contributed by atoms with van der Waals surface area (Å²) in [5.41, 5.74) is 0.818. The topological polar surface area (TPSA) is 50.7 Å². The van der Waals surface area contributed by atoms with E-state index in [4.69, 9.17) is 0 Å². The number of nitrogens with zero attached hydrogens (tertiary/aromatic N) is 1. The second-order valence-corrected chi connectivity index (χ2v) is 3.41. The van der Waals surface area contributed by atoms with E-state index in [1.54, 1.807) is 26.2 Å². The molecule has 0 atom stereocenters. The fourth-order valence-electron chi connectivity index (χ4n) is 0.459. The predicted molar refractivity (Wildman–Crippen MR) is 43.9 cm³/mol. The van der Waals surface area contributed by atoms with Crippen molar-refractivity contribution in [3.8, 4) is 0 Å². The van der Waals surface area contributed by atoms with E-state index >= 15 is 0 Å². The highest BCUT2D eigenvalue weighted by Gasteiger charge is 2.24. The molecule has 4 nitrogen and oxygen atoms in total. The Balaban J connectivity index is 3.93. The van der Waals surface area contributed by atoms with E-state index < -0.39 is 17.9 Å². The molecule has 0 aliphatic rings. The summed E-state index contributed by atoms with van der Waals surface area (Å²) in [6, 6.07) is 0. The van der Waals surface area contributed by atoms with Crippen LogP contribution in [0, 0.1) is 0 Å². The molecule has 1 amide bonds. The van der Waals surface area contributed by atoms with Crippen LogP contribution >= 0.6 is 0 Å². The van der Waals surface area contributed by atoms with Crippen LogP contribution in [-0.4, -0.2) is 24.1 Å². The number of nitrogens with one attached hydrogen (secondary N) is 1. The minimum Gasteiger partial charge on any atom is -0.443 e. The van der Waals surface area contributed by atoms with Gasteiger partial charge in [0, 0.05) is 0 Å². The highest BCUT2D eigenvalue weighted by atomic mass is 19.4. The van der Waals surface area contributed by atoms with Crippen LogP contribution in [-0.2, 0) is 4.74 Å². The fourth-order valence-corrected chi connectivity index (χ4v) is 0.459. The molecule has 0 saturated carbocycles. The third-order valence-electron chi connectivity index (χ3n) is 0.766. The second-order valence-electron chi connectivity index (χ2n) is 3.41. The van der Waals surface area contributed by atoms with Gasteiger partial charge < -0.3 is 4.74 Å². The van der Waals surface area contributed by atoms with Crippen molar-refractivity contribution in [1.82, 2.24) is 5.43 Å². The van der Waals surface area contributed by atoms with Crippen molar-refractivity contribution in [3.63, 3.8) is 0 Å². The van der Waals surface area contributed by atoms with Crippen molar-refractivity contribution in [2.24, 2.45) is 5.10 Å². The van der Waals surface area contributed by atoms with E-state index in [1.165, 1.54) is 0 Å². The van der Waals surface area contributed by atoms with Gasteiger partial charge in [0.2, 0.25) is 0 Å². The molecule has 0 spiro atoms. The summed E-state index contributed by atoms with van der Waals surface area (Å²) >= 11 is 0. The maximum Gasteiger partial charge on any atom is 0.428 e. The van der Waals surface area contributed by atoms with Crippen molar-refractivity contribution in [3.05, 3.63) is 0 Å². The van der Waals surface area contributed by atoms with E-state index in [0.717, 1.165) is 0 Å². The first-order chi connectivity index (χ1) is 6.10. The summed E-state index contributed by atoms with van der Waals surface area (Å²) in [4.78, 5) is 10.7. The van der Waals surface area contributed by atoms with Crippen molar-refractivity contribution < 1.29 is 22.7 Å². The van der Waals surface area contributed by atoms with Crippen LogP contribution in [0.4, 0.5) is 18.0 Å². The van der Waals surface area contributed by atoms with Crippen LogP contribution in [0.25, 0.3) is 0 Å². The lowest BCUT2D eigenvalue weighted by Crippen LogP contribution is -2.30. The van der Waals surface area contributed by atoms with E-state index in [9.17, 15) is 18.0 Å². The Morgan fingerprint density at radius 1 is 1.36 bits per heavy atom. The van der Waals surface area contributed by atoms with Gasteiger partial charge in [-0.05, 0) is 20.8 Å². The number of alkyl halides is 3. The van der Waals surface area contributed by atoms with Gasteiger partial charge in [-0.15, -0.1) is 0 Å². The summed E-state index contributed by atoms with van der Waals surface area (Å²) in [5, 5.41) is 2.65. The SMILES string of the molecule is CC(C)(C)OC(=O)NN=CC(F)(F)F. The van der Waals surface area contributed by atoms with Crippen LogP contribution in [0.1, 0.15) is 20.8 Å². The van der Waals surface area contributed by atoms with Crippen molar-refractivity contribution in [2.75, 3.05) is 0 Å². The Labute approximate surface area is 79.1 Å². The molecule has 1 N–H and O–H groups in total. The maximum absolute atomic E-state index is 11.5. The molecule has 14 heavy (non-hydrogen) atoms. The molecule has 0 bridgehead atoms. The van der Waals surface area contributed by atoms with Gasteiger partial charge >= 0.3 is 12.3 Å². The number of carbonyl (C=O) groups is 1. The summed E-state index contributed by atoms with van der Waals surface area (Å²) in [7, 11) is 0. The first-order valence-electron chi connectivity index (χ1n) is 3.70. The minimum atomic E-state index is -4.55. The van der Waals surface area contributed by atoms with Crippen molar-refractivity contribution in [1.29, 1.82) is 0 Å². The number of halogens is 3. The number of hydrazone groups is 1. The first kappa shape index (κ1) is 12.7. The summed E-state index contributed by atoms with van der Waals surface area (Å²) in [6.07, 6.45) is -5.91. The average Bonchev–Trinajstić information content (AvgIpc) is 1.78. The zero-order valence-corrected chi connectivity index (χ0v) is 7.97. The highest BCUT2D eigenvalue weighted by Crippen LogP contribution is 2.10. The first-order valence-corrected chi connectivity index (χ1v) is 3.70. The number of amides is 1. The molecule has 0 aliphatic carbocycles. The van der Waals surface area contributed by atoms with Gasteiger partial charge in [0.15, 0.2) is 0 Å². The average molecular weight is 212 g/mol. The van der Waals surface area contributed by atoms with Gasteiger partial charge in [-0.25, -0.2) is 10.2 Å². The van der Waals surface area contributed by atoms with Crippen LogP contribution in [0.3, 0.4) is 0 Å². The molecule has 0 aromatic carbocycles. The van der Waals surface area contributed by atoms with E-state index in [2.05, 4.69) is 9.84 Å². The molecule has 0 rings (SSSR count). The largest absolute Gasteiger partial charge is 0.443 e. The van der Waals surface area contributed by atoms with Gasteiger partial charge in [-0.1, -0.05) is 0 Å². The Bertz CT molecular complexity index is 230. The summed E-state index contributed by atoms with van der Waals surface area (Å²) in [5.74, 6) is 0. The molecule has 0 fully saturated rings. The van der Waals surface area contributed by atoms with E-state index in [1.807, 2.05) is 0 Å². The molecule has 0 aromatic heterocycles. The molecule has 0 aromatic rings. The van der Waals surface area contributed by atoms with Crippen LogP contribution in [0.15, 0.2) is 5.10 Å². The fraction of sp³-hybridized carbons (Fsp3) is 0.714. The lowest BCUT2D eigenvalue weighted by molar-refractivity contribution is -0.0539. The van der Waals surface area contributed by atoms with E-state index in [-0.39, 0.29) is 6.21 Å². The molecule has 0 heterocycles. The standard InChI is InChI=1S/C7H11F3N2O2/c1-6(2,3)14-5(13)12-11-4-7(8,9)10/h4H,1-3H3,(H,12,13). The third-order valence-corrected chi connectivity index (χ3v) is 0.766. The van der Waals surface area contributed by atoms with Crippen LogP contribution in [0.2, 0.25) is 0 Å². The van der Waals surface area contributed by atoms with E-state index in [0.29, 0.717) is 0 Å². The van der Waals surface area contributed by atoms with Gasteiger partial charge in [0.05, 0.1) is 0 Å². The Hall–Kier alpha value is -1.27. The smallest absolute Gasteiger partial charge is 0.428 e. The maximum atomic E-state index is 11.5. The lowest BCUT2D eigenvalue weighted by atomic mass is 10.2. The number of hydrogen-bond donors (Lipinski definition) is 1. The molecule has 0 radical (unpaired) electrons. The molecule has 0 unspecified atom stereocenters. The normalized spacial score (nSPS) is 13.0. The number of rotatable bonds is 1. The van der Waals surface area contributed by atoms with Gasteiger partial charge in [0.1, 0.15) is 11.8 Å². The summed E-state index contributed by atoms with van der Waals surface area (Å²) < 4.78 is 39.1. The Morgan fingerprint density at radius 2 is 1.86 bits per heavy atom. The van der Waals surface area contributed by atoms with Crippen molar-refractivity contribution >= 4 is 12.3 Å². The molecule has 0 saturated heterocycles. The quantitative estimate of drug-likeness (QED) is 0.534. The molecular weight excluding hydrogens is 201 g/mol. The molecule has 0 aliphatic heterocycles. The van der Waals surface area contributed by atoms with Gasteiger partial charge in [-0.2, -0.15) is 18.3 Å². The molecule has 82 valence electrons. The predicted octanol–water partition coefficient (Wildman–Crippen LogP) is 2.06. The molecule has 7 heteroatoms. The molecular formula is C7H11F3N2O2. The number of hydrogen-bond acceptors (Lipinski definition) is 3. The highest BCUT2D eigenvalue weighted by molar-refractivity contribution is 5.70. The Morgan fingerprint density at radius 3 is 2.21 bits per heavy atom. The van der Waals surface area contributed by atoms with Crippen LogP contribution < -0.4 is 5.43 Å². The summed E-state index contributed by atoms with van der Waals surface area (Å²) in [6.45, 7) is 4.75. The van der Waals surface area contributed by atoms with Crippen molar-refractivity contribution in [2.45, 2.75) is 32.5 Å².